The van der Waals surface area contributed by atoms with Gasteiger partial charge in [-0.25, -0.2) is 0 Å². The Bertz CT molecular complexity index is 302. The summed E-state index contributed by atoms with van der Waals surface area (Å²) in [6.07, 6.45) is 13.4. The highest BCUT2D eigenvalue weighted by molar-refractivity contribution is 5.18. The van der Waals surface area contributed by atoms with E-state index in [9.17, 15) is 0 Å². The van der Waals surface area contributed by atoms with Crippen molar-refractivity contribution in [2.24, 2.45) is 0 Å². The zero-order chi connectivity index (χ0) is 10.1. The fourth-order valence-corrected chi connectivity index (χ4v) is 2.56. The summed E-state index contributed by atoms with van der Waals surface area (Å²) in [6, 6.07) is 0. The van der Waals surface area contributed by atoms with Crippen LogP contribution < -0.4 is 5.32 Å². The second-order valence-corrected chi connectivity index (χ2v) is 5.09. The summed E-state index contributed by atoms with van der Waals surface area (Å²) in [6.45, 7) is 1.90. The van der Waals surface area contributed by atoms with Crippen LogP contribution in [0.25, 0.3) is 0 Å². The van der Waals surface area contributed by atoms with Crippen molar-refractivity contribution in [3.8, 4) is 0 Å². The molecule has 1 unspecified atom stereocenters. The minimum Gasteiger partial charge on any atom is -0.372 e. The first-order chi connectivity index (χ1) is 7.36. The molecule has 0 aromatic carbocycles. The van der Waals surface area contributed by atoms with Crippen LogP contribution in [0.15, 0.2) is 23.8 Å². The molecule has 0 radical (unpaired) electrons. The summed E-state index contributed by atoms with van der Waals surface area (Å²) in [5.41, 5.74) is 1.96. The summed E-state index contributed by atoms with van der Waals surface area (Å²) in [5, 5.41) is 3.59. The first-order valence-electron chi connectivity index (χ1n) is 6.08. The molecule has 2 nitrogen and oxygen atoms in total. The van der Waals surface area contributed by atoms with Gasteiger partial charge in [0.25, 0.3) is 0 Å². The molecule has 1 saturated heterocycles. The first-order valence-corrected chi connectivity index (χ1v) is 6.08. The number of allylic oxidation sites excluding steroid dienone is 3. The van der Waals surface area contributed by atoms with Crippen LogP contribution in [-0.2, 0) is 4.74 Å². The Labute approximate surface area is 91.4 Å². The van der Waals surface area contributed by atoms with E-state index < -0.39 is 0 Å². The van der Waals surface area contributed by atoms with Crippen molar-refractivity contribution in [3.05, 3.63) is 23.8 Å². The quantitative estimate of drug-likeness (QED) is 0.762. The van der Waals surface area contributed by atoms with Gasteiger partial charge in [-0.15, -0.1) is 0 Å². The highest BCUT2D eigenvalue weighted by Gasteiger charge is 2.48. The van der Waals surface area contributed by atoms with Crippen LogP contribution in [-0.4, -0.2) is 24.8 Å². The van der Waals surface area contributed by atoms with Crippen LogP contribution in [0.1, 0.15) is 32.1 Å². The Morgan fingerprint density at radius 2 is 2.40 bits per heavy atom. The van der Waals surface area contributed by atoms with Crippen molar-refractivity contribution >= 4 is 0 Å². The molecule has 0 aromatic rings. The molecule has 3 rings (SSSR count). The topological polar surface area (TPSA) is 21.3 Å². The molecular weight excluding hydrogens is 186 g/mol. The Morgan fingerprint density at radius 3 is 3.07 bits per heavy atom. The van der Waals surface area contributed by atoms with Gasteiger partial charge in [0.2, 0.25) is 0 Å². The molecule has 1 saturated carbocycles. The molecule has 1 heterocycles. The van der Waals surface area contributed by atoms with Gasteiger partial charge in [-0.1, -0.05) is 18.2 Å². The third-order valence-corrected chi connectivity index (χ3v) is 3.78. The molecule has 1 N–H and O–H groups in total. The van der Waals surface area contributed by atoms with E-state index in [2.05, 4.69) is 23.5 Å². The summed E-state index contributed by atoms with van der Waals surface area (Å²) in [5.74, 6) is 0. The van der Waals surface area contributed by atoms with Gasteiger partial charge in [0.1, 0.15) is 0 Å². The second-order valence-electron chi connectivity index (χ2n) is 5.09. The Balaban J connectivity index is 1.46. The minimum atomic E-state index is 0.458. The highest BCUT2D eigenvalue weighted by Crippen LogP contribution is 2.43. The smallest absolute Gasteiger partial charge is 0.0721 e. The lowest BCUT2D eigenvalue weighted by molar-refractivity contribution is 0.0807. The Hall–Kier alpha value is -0.600. The van der Waals surface area contributed by atoms with Gasteiger partial charge >= 0.3 is 0 Å². The molecule has 2 heteroatoms. The molecule has 2 aliphatic carbocycles. The van der Waals surface area contributed by atoms with Gasteiger partial charge in [0, 0.05) is 12.1 Å². The Morgan fingerprint density at radius 1 is 1.47 bits per heavy atom. The van der Waals surface area contributed by atoms with E-state index in [1.165, 1.54) is 37.7 Å². The average molecular weight is 205 g/mol. The van der Waals surface area contributed by atoms with Gasteiger partial charge in [0.15, 0.2) is 0 Å². The van der Waals surface area contributed by atoms with Crippen LogP contribution in [0.4, 0.5) is 0 Å². The van der Waals surface area contributed by atoms with Crippen molar-refractivity contribution < 1.29 is 4.74 Å². The van der Waals surface area contributed by atoms with E-state index in [1.54, 1.807) is 0 Å². The lowest BCUT2D eigenvalue weighted by Crippen LogP contribution is -2.22. The first kappa shape index (κ1) is 9.61. The number of nitrogens with one attached hydrogen (secondary N) is 1. The zero-order valence-electron chi connectivity index (χ0n) is 9.17. The number of hydrogen-bond acceptors (Lipinski definition) is 2. The lowest BCUT2D eigenvalue weighted by atomic mass is 10.1. The second kappa shape index (κ2) is 3.76. The van der Waals surface area contributed by atoms with E-state index in [0.717, 1.165) is 13.2 Å². The highest BCUT2D eigenvalue weighted by atomic mass is 16.5. The number of rotatable bonds is 3. The molecule has 0 bridgehead atoms. The van der Waals surface area contributed by atoms with E-state index in [4.69, 9.17) is 4.74 Å². The standard InChI is InChI=1S/C13H19NO/c1-2-4-11(5-3-1)10-15-12-8-13(6-7-13)14-9-12/h1-2,4,12,14H,3,5-10H2. The number of hydrogen-bond donors (Lipinski definition) is 1. The maximum absolute atomic E-state index is 5.95. The zero-order valence-corrected chi connectivity index (χ0v) is 9.17. The molecule has 82 valence electrons. The maximum atomic E-state index is 5.95. The van der Waals surface area contributed by atoms with Crippen LogP contribution in [0, 0.1) is 0 Å². The van der Waals surface area contributed by atoms with Crippen LogP contribution >= 0.6 is 0 Å². The fraction of sp³-hybridized carbons (Fsp3) is 0.692. The summed E-state index contributed by atoms with van der Waals surface area (Å²) in [7, 11) is 0. The third kappa shape index (κ3) is 2.16. The normalized spacial score (nSPS) is 32.0. The van der Waals surface area contributed by atoms with Gasteiger partial charge in [-0.2, -0.15) is 0 Å². The lowest BCUT2D eigenvalue weighted by Gasteiger charge is -2.14. The fourth-order valence-electron chi connectivity index (χ4n) is 2.56. The van der Waals surface area contributed by atoms with Crippen molar-refractivity contribution in [2.45, 2.75) is 43.7 Å². The third-order valence-electron chi connectivity index (χ3n) is 3.78. The molecule has 0 amide bonds. The van der Waals surface area contributed by atoms with E-state index >= 15 is 0 Å². The van der Waals surface area contributed by atoms with Crippen molar-refractivity contribution in [3.63, 3.8) is 0 Å². The Kier molecular flexibility index (Phi) is 2.41. The van der Waals surface area contributed by atoms with Crippen LogP contribution in [0.5, 0.6) is 0 Å². The minimum absolute atomic E-state index is 0.458. The largest absolute Gasteiger partial charge is 0.372 e. The van der Waals surface area contributed by atoms with E-state index in [-0.39, 0.29) is 0 Å². The molecule has 1 atom stereocenters. The summed E-state index contributed by atoms with van der Waals surface area (Å²) >= 11 is 0. The molecule has 1 aliphatic heterocycles. The van der Waals surface area contributed by atoms with Gasteiger partial charge in [-0.05, 0) is 37.7 Å². The van der Waals surface area contributed by atoms with Crippen LogP contribution in [0.2, 0.25) is 0 Å². The average Bonchev–Trinajstić information content (AvgIpc) is 2.90. The molecule has 1 spiro atoms. The summed E-state index contributed by atoms with van der Waals surface area (Å²) < 4.78 is 5.95. The molecular formula is C13H19NO. The summed E-state index contributed by atoms with van der Waals surface area (Å²) in [4.78, 5) is 0. The van der Waals surface area contributed by atoms with E-state index in [0.29, 0.717) is 11.6 Å². The van der Waals surface area contributed by atoms with Crippen molar-refractivity contribution in [1.29, 1.82) is 0 Å². The SMILES string of the molecule is C1=CCCC(COC2CNC3(CC3)C2)=C1. The molecule has 0 aromatic heterocycles. The van der Waals surface area contributed by atoms with E-state index in [1.807, 2.05) is 0 Å². The van der Waals surface area contributed by atoms with Gasteiger partial charge < -0.3 is 10.1 Å². The predicted octanol–water partition coefficient (Wildman–Crippen LogP) is 2.17. The van der Waals surface area contributed by atoms with Gasteiger partial charge in [0.05, 0.1) is 12.7 Å². The molecule has 3 aliphatic rings. The van der Waals surface area contributed by atoms with Crippen molar-refractivity contribution in [2.75, 3.05) is 13.2 Å². The molecule has 2 fully saturated rings. The van der Waals surface area contributed by atoms with Gasteiger partial charge in [-0.3, -0.25) is 0 Å². The van der Waals surface area contributed by atoms with Crippen molar-refractivity contribution in [1.82, 2.24) is 5.32 Å². The monoisotopic (exact) mass is 205 g/mol. The maximum Gasteiger partial charge on any atom is 0.0721 e. The number of ether oxygens (including phenoxy) is 1. The van der Waals surface area contributed by atoms with Crippen LogP contribution in [0.3, 0.4) is 0 Å². The predicted molar refractivity (Wildman–Crippen MR) is 60.8 cm³/mol. The molecule has 15 heavy (non-hydrogen) atoms.